The molecule has 1 aromatic carbocycles. The lowest BCUT2D eigenvalue weighted by Crippen LogP contribution is -2.20. The van der Waals surface area contributed by atoms with Gasteiger partial charge in [-0.05, 0) is 52.5 Å². The van der Waals surface area contributed by atoms with E-state index < -0.39 is 17.7 Å². The van der Waals surface area contributed by atoms with Crippen LogP contribution in [0.3, 0.4) is 0 Å². The van der Waals surface area contributed by atoms with E-state index in [2.05, 4.69) is 21.2 Å². The van der Waals surface area contributed by atoms with E-state index >= 15 is 0 Å². The Hall–Kier alpha value is -0.780. The molecule has 1 unspecified atom stereocenters. The summed E-state index contributed by atoms with van der Waals surface area (Å²) < 4.78 is 28.9. The summed E-state index contributed by atoms with van der Waals surface area (Å²) in [4.78, 5) is 0. The number of hydrogen-bond donors (Lipinski definition) is 1. The summed E-state index contributed by atoms with van der Waals surface area (Å²) >= 11 is 4.89. The molecule has 1 heterocycles. The van der Waals surface area contributed by atoms with Gasteiger partial charge in [-0.25, -0.2) is 8.78 Å². The van der Waals surface area contributed by atoms with Gasteiger partial charge < -0.3 is 5.32 Å². The summed E-state index contributed by atoms with van der Waals surface area (Å²) in [5.41, 5.74) is 1.35. The lowest BCUT2D eigenvalue weighted by molar-refractivity contribution is 0.517. The average Bonchev–Trinajstić information content (AvgIpc) is 2.76. The Kier molecular flexibility index (Phi) is 4.14. The molecule has 2 rings (SSSR count). The summed E-state index contributed by atoms with van der Waals surface area (Å²) in [6.45, 7) is 1.63. The number of hydrogen-bond acceptors (Lipinski definition) is 2. The van der Waals surface area contributed by atoms with E-state index in [9.17, 15) is 8.78 Å². The second-order valence-corrected chi connectivity index (χ2v) is 5.59. The van der Waals surface area contributed by atoms with Crippen LogP contribution in [-0.4, -0.2) is 7.05 Å². The number of benzene rings is 1. The minimum absolute atomic E-state index is 0.0663. The molecule has 0 aliphatic carbocycles. The van der Waals surface area contributed by atoms with E-state index in [0.717, 1.165) is 10.0 Å². The third-order valence-electron chi connectivity index (χ3n) is 2.85. The molecule has 0 fully saturated rings. The fourth-order valence-electron chi connectivity index (χ4n) is 1.90. The summed E-state index contributed by atoms with van der Waals surface area (Å²) in [7, 11) is 1.69. The van der Waals surface area contributed by atoms with Crippen molar-refractivity contribution in [3.63, 3.8) is 0 Å². The molecule has 0 spiro atoms. The van der Waals surface area contributed by atoms with Gasteiger partial charge >= 0.3 is 0 Å². The highest BCUT2D eigenvalue weighted by molar-refractivity contribution is 9.10. The van der Waals surface area contributed by atoms with Gasteiger partial charge in [-0.2, -0.15) is 11.3 Å². The van der Waals surface area contributed by atoms with Crippen molar-refractivity contribution < 1.29 is 8.78 Å². The van der Waals surface area contributed by atoms with Crippen LogP contribution in [0, 0.1) is 18.6 Å². The number of nitrogens with one attached hydrogen (secondary N) is 1. The van der Waals surface area contributed by atoms with Crippen molar-refractivity contribution in [3.05, 3.63) is 55.7 Å². The van der Waals surface area contributed by atoms with Crippen LogP contribution in [0.15, 0.2) is 27.4 Å². The standard InChI is InChI=1S/C13H12BrF2NS/c1-7-3-4-10(15)11(12(7)16)13(17-2)8-5-18-6-9(8)14/h3-6,13,17H,1-2H3. The highest BCUT2D eigenvalue weighted by Gasteiger charge is 2.23. The molecule has 0 aliphatic rings. The van der Waals surface area contributed by atoms with Gasteiger partial charge in [0.15, 0.2) is 0 Å². The smallest absolute Gasteiger partial charge is 0.134 e. The molecule has 2 aromatic rings. The van der Waals surface area contributed by atoms with Gasteiger partial charge in [0.2, 0.25) is 0 Å². The van der Waals surface area contributed by atoms with Crippen LogP contribution < -0.4 is 5.32 Å². The first-order valence-corrected chi connectivity index (χ1v) is 7.13. The van der Waals surface area contributed by atoms with Gasteiger partial charge in [0.05, 0.1) is 6.04 Å². The highest BCUT2D eigenvalue weighted by atomic mass is 79.9. The van der Waals surface area contributed by atoms with Crippen molar-refractivity contribution in [2.45, 2.75) is 13.0 Å². The summed E-state index contributed by atoms with van der Waals surface area (Å²) in [5.74, 6) is -1.02. The van der Waals surface area contributed by atoms with Crippen LogP contribution in [0.25, 0.3) is 0 Å². The number of thiophene rings is 1. The average molecular weight is 332 g/mol. The lowest BCUT2D eigenvalue weighted by atomic mass is 9.98. The first kappa shape index (κ1) is 13.6. The minimum Gasteiger partial charge on any atom is -0.309 e. The number of halogens is 3. The first-order valence-electron chi connectivity index (χ1n) is 5.39. The third kappa shape index (κ3) is 2.35. The Morgan fingerprint density at radius 1 is 1.28 bits per heavy atom. The SMILES string of the molecule is CNC(c1cscc1Br)c1c(F)ccc(C)c1F. The molecule has 96 valence electrons. The molecule has 0 radical (unpaired) electrons. The highest BCUT2D eigenvalue weighted by Crippen LogP contribution is 2.34. The predicted octanol–water partition coefficient (Wildman–Crippen LogP) is 4.41. The van der Waals surface area contributed by atoms with Crippen LogP contribution in [0.1, 0.15) is 22.7 Å². The molecule has 0 bridgehead atoms. The molecule has 0 aliphatic heterocycles. The molecule has 1 nitrogen and oxygen atoms in total. The van der Waals surface area contributed by atoms with Crippen LogP contribution in [0.4, 0.5) is 8.78 Å². The fourth-order valence-corrected chi connectivity index (χ4v) is 3.45. The van der Waals surface area contributed by atoms with Crippen LogP contribution in [-0.2, 0) is 0 Å². The van der Waals surface area contributed by atoms with E-state index in [-0.39, 0.29) is 5.56 Å². The van der Waals surface area contributed by atoms with Crippen LogP contribution >= 0.6 is 27.3 Å². The summed E-state index contributed by atoms with van der Waals surface area (Å²) in [5, 5.41) is 6.74. The van der Waals surface area contributed by atoms with Gasteiger partial charge in [0, 0.05) is 15.4 Å². The quantitative estimate of drug-likeness (QED) is 0.878. The van der Waals surface area contributed by atoms with Crippen LogP contribution in [0.2, 0.25) is 0 Å². The van der Waals surface area contributed by atoms with E-state index in [0.29, 0.717) is 5.56 Å². The number of rotatable bonds is 3. The predicted molar refractivity (Wildman–Crippen MR) is 74.0 cm³/mol. The van der Waals surface area contributed by atoms with Gasteiger partial charge in [-0.15, -0.1) is 0 Å². The van der Waals surface area contributed by atoms with Crippen molar-refractivity contribution in [2.24, 2.45) is 0 Å². The van der Waals surface area contributed by atoms with Crippen LogP contribution in [0.5, 0.6) is 0 Å². The third-order valence-corrected chi connectivity index (χ3v) is 4.60. The molecule has 1 aromatic heterocycles. The first-order chi connectivity index (χ1) is 8.56. The maximum absolute atomic E-state index is 14.1. The van der Waals surface area contributed by atoms with Crippen molar-refractivity contribution >= 4 is 27.3 Å². The topological polar surface area (TPSA) is 12.0 Å². The zero-order valence-corrected chi connectivity index (χ0v) is 12.3. The van der Waals surface area contributed by atoms with Gasteiger partial charge in [-0.1, -0.05) is 6.07 Å². The molecular formula is C13H12BrF2NS. The Morgan fingerprint density at radius 2 is 2.00 bits per heavy atom. The summed E-state index contributed by atoms with van der Waals surface area (Å²) in [6.07, 6.45) is 0. The normalized spacial score (nSPS) is 12.7. The van der Waals surface area contributed by atoms with Crippen molar-refractivity contribution in [2.75, 3.05) is 7.05 Å². The maximum Gasteiger partial charge on any atom is 0.134 e. The second-order valence-electron chi connectivity index (χ2n) is 3.99. The van der Waals surface area contributed by atoms with Gasteiger partial charge in [-0.3, -0.25) is 0 Å². The van der Waals surface area contributed by atoms with Gasteiger partial charge in [0.25, 0.3) is 0 Å². The van der Waals surface area contributed by atoms with E-state index in [1.54, 1.807) is 14.0 Å². The van der Waals surface area contributed by atoms with Crippen molar-refractivity contribution in [3.8, 4) is 0 Å². The van der Waals surface area contributed by atoms with Crippen molar-refractivity contribution in [1.82, 2.24) is 5.32 Å². The van der Waals surface area contributed by atoms with Gasteiger partial charge in [0.1, 0.15) is 11.6 Å². The number of aryl methyl sites for hydroxylation is 1. The maximum atomic E-state index is 14.1. The second kappa shape index (κ2) is 5.47. The zero-order chi connectivity index (χ0) is 13.3. The zero-order valence-electron chi connectivity index (χ0n) is 9.93. The minimum atomic E-state index is -0.532. The largest absolute Gasteiger partial charge is 0.309 e. The lowest BCUT2D eigenvalue weighted by Gasteiger charge is -2.18. The van der Waals surface area contributed by atoms with Crippen molar-refractivity contribution in [1.29, 1.82) is 0 Å². The van der Waals surface area contributed by atoms with E-state index in [1.165, 1.54) is 23.5 Å². The Morgan fingerprint density at radius 3 is 2.56 bits per heavy atom. The Labute approximate surface area is 117 Å². The Bertz CT molecular complexity index is 568. The molecular weight excluding hydrogens is 320 g/mol. The molecule has 0 amide bonds. The molecule has 1 N–H and O–H groups in total. The molecule has 1 atom stereocenters. The molecule has 18 heavy (non-hydrogen) atoms. The Balaban J connectivity index is 2.59. The fraction of sp³-hybridized carbons (Fsp3) is 0.231. The molecule has 5 heteroatoms. The molecule has 0 saturated carbocycles. The summed E-state index contributed by atoms with van der Waals surface area (Å²) in [6, 6.07) is 2.26. The van der Waals surface area contributed by atoms with E-state index in [4.69, 9.17) is 0 Å². The monoisotopic (exact) mass is 331 g/mol. The van der Waals surface area contributed by atoms with E-state index in [1.807, 2.05) is 10.8 Å². The molecule has 0 saturated heterocycles.